The minimum atomic E-state index is -0.472. The van der Waals surface area contributed by atoms with Crippen LogP contribution in [0.25, 0.3) is 10.8 Å². The van der Waals surface area contributed by atoms with E-state index in [4.69, 9.17) is 0 Å². The fourth-order valence-corrected chi connectivity index (χ4v) is 4.69. The monoisotopic (exact) mass is 415 g/mol. The number of carbonyl (C=O) groups excluding carboxylic acids is 2. The third-order valence-electron chi connectivity index (χ3n) is 6.15. The molecule has 0 spiro atoms. The van der Waals surface area contributed by atoms with Gasteiger partial charge in [0.2, 0.25) is 0 Å². The van der Waals surface area contributed by atoms with Crippen LogP contribution in [0.2, 0.25) is 0 Å². The van der Waals surface area contributed by atoms with Gasteiger partial charge in [0, 0.05) is 42.0 Å². The number of imide groups is 1. The molecule has 2 aliphatic heterocycles. The Morgan fingerprint density at radius 1 is 0.903 bits per heavy atom. The van der Waals surface area contributed by atoms with Gasteiger partial charge in [0.05, 0.1) is 10.5 Å². The van der Waals surface area contributed by atoms with E-state index in [1.807, 2.05) is 35.2 Å². The van der Waals surface area contributed by atoms with Crippen LogP contribution in [0.3, 0.4) is 0 Å². The van der Waals surface area contributed by atoms with Gasteiger partial charge in [0.25, 0.3) is 17.5 Å². The predicted octanol–water partition coefficient (Wildman–Crippen LogP) is 4.19. The minimum absolute atomic E-state index is 0.0766. The molecule has 3 aromatic rings. The Morgan fingerprint density at radius 3 is 2.32 bits per heavy atom. The lowest BCUT2D eigenvalue weighted by atomic mass is 9.91. The van der Waals surface area contributed by atoms with Crippen LogP contribution in [0.15, 0.2) is 54.6 Å². The first kappa shape index (κ1) is 19.2. The van der Waals surface area contributed by atoms with Crippen LogP contribution in [0.4, 0.5) is 11.4 Å². The average molecular weight is 415 g/mol. The van der Waals surface area contributed by atoms with Crippen LogP contribution in [-0.4, -0.2) is 41.3 Å². The van der Waals surface area contributed by atoms with Crippen molar-refractivity contribution in [3.05, 3.63) is 81.4 Å². The Labute approximate surface area is 179 Å². The molecule has 2 heterocycles. The number of hydrogen-bond acceptors (Lipinski definition) is 5. The normalized spacial score (nSPS) is 15.7. The summed E-state index contributed by atoms with van der Waals surface area (Å²) in [4.78, 5) is 41.3. The van der Waals surface area contributed by atoms with Gasteiger partial charge in [-0.15, -0.1) is 0 Å². The summed E-state index contributed by atoms with van der Waals surface area (Å²) in [7, 11) is 0. The number of nitro groups is 1. The maximum absolute atomic E-state index is 13.3. The summed E-state index contributed by atoms with van der Waals surface area (Å²) >= 11 is 0. The zero-order valence-corrected chi connectivity index (χ0v) is 16.9. The summed E-state index contributed by atoms with van der Waals surface area (Å²) in [5, 5.41) is 13.1. The zero-order chi connectivity index (χ0) is 21.5. The highest BCUT2D eigenvalue weighted by Gasteiger charge is 2.37. The first-order valence-electron chi connectivity index (χ1n) is 10.5. The Hall–Kier alpha value is -3.74. The van der Waals surface area contributed by atoms with Crippen molar-refractivity contribution in [1.29, 1.82) is 0 Å². The maximum atomic E-state index is 13.3. The van der Waals surface area contributed by atoms with Gasteiger partial charge in [-0.25, -0.2) is 0 Å². The fraction of sp³-hybridized carbons (Fsp3) is 0.250. The van der Waals surface area contributed by atoms with Crippen LogP contribution >= 0.6 is 0 Å². The number of nitrogens with zero attached hydrogens (tertiary/aromatic N) is 3. The predicted molar refractivity (Wildman–Crippen MR) is 118 cm³/mol. The first-order chi connectivity index (χ1) is 15.1. The van der Waals surface area contributed by atoms with Crippen molar-refractivity contribution in [2.45, 2.75) is 19.3 Å². The molecule has 5 rings (SSSR count). The molecule has 2 aliphatic rings. The van der Waals surface area contributed by atoms with Crippen molar-refractivity contribution in [2.75, 3.05) is 24.5 Å². The van der Waals surface area contributed by atoms with Crippen LogP contribution in [-0.2, 0) is 6.42 Å². The lowest BCUT2D eigenvalue weighted by Gasteiger charge is -2.29. The highest BCUT2D eigenvalue weighted by molar-refractivity contribution is 6.27. The second kappa shape index (κ2) is 7.50. The largest absolute Gasteiger partial charge is 0.365 e. The van der Waals surface area contributed by atoms with Gasteiger partial charge >= 0.3 is 0 Å². The molecule has 0 aromatic heterocycles. The second-order valence-electron chi connectivity index (χ2n) is 7.97. The van der Waals surface area contributed by atoms with E-state index in [1.54, 1.807) is 18.2 Å². The van der Waals surface area contributed by atoms with Gasteiger partial charge in [-0.2, -0.15) is 0 Å². The zero-order valence-electron chi connectivity index (χ0n) is 16.9. The van der Waals surface area contributed by atoms with Gasteiger partial charge in [0.15, 0.2) is 0 Å². The number of benzene rings is 3. The Kier molecular flexibility index (Phi) is 4.66. The van der Waals surface area contributed by atoms with Crippen molar-refractivity contribution in [3.63, 3.8) is 0 Å². The van der Waals surface area contributed by atoms with E-state index in [9.17, 15) is 19.7 Å². The topological polar surface area (TPSA) is 83.8 Å². The molecule has 1 fully saturated rings. The molecule has 2 amide bonds. The van der Waals surface area contributed by atoms with Gasteiger partial charge in [0.1, 0.15) is 5.69 Å². The number of carbonyl (C=O) groups is 2. The molecule has 0 unspecified atom stereocenters. The lowest BCUT2D eigenvalue weighted by Crippen LogP contribution is -2.41. The smallest absolute Gasteiger partial charge is 0.293 e. The molecule has 3 aromatic carbocycles. The SMILES string of the molecule is O=C1c2cccc3c(N4CCCC4)c([N+](=O)[O-])cc(c23)C(=O)N1CCc1ccccc1. The summed E-state index contributed by atoms with van der Waals surface area (Å²) in [6.45, 7) is 1.67. The molecular formula is C24H21N3O4. The molecule has 1 saturated heterocycles. The second-order valence-corrected chi connectivity index (χ2v) is 7.97. The Bertz CT molecular complexity index is 1220. The molecule has 156 valence electrons. The van der Waals surface area contributed by atoms with E-state index in [-0.39, 0.29) is 23.7 Å². The van der Waals surface area contributed by atoms with E-state index in [1.165, 1.54) is 11.0 Å². The molecule has 0 radical (unpaired) electrons. The quantitative estimate of drug-likeness (QED) is 0.354. The van der Waals surface area contributed by atoms with E-state index in [0.29, 0.717) is 28.4 Å². The molecule has 31 heavy (non-hydrogen) atoms. The molecule has 0 saturated carbocycles. The summed E-state index contributed by atoms with van der Waals surface area (Å²) in [6.07, 6.45) is 2.45. The molecule has 0 bridgehead atoms. The number of hydrogen-bond donors (Lipinski definition) is 0. The highest BCUT2D eigenvalue weighted by Crippen LogP contribution is 2.43. The molecule has 0 N–H and O–H groups in total. The number of amides is 2. The summed E-state index contributed by atoms with van der Waals surface area (Å²) in [5.41, 5.74) is 2.11. The minimum Gasteiger partial charge on any atom is -0.365 e. The van der Waals surface area contributed by atoms with Crippen LogP contribution in [0, 0.1) is 10.1 Å². The third kappa shape index (κ3) is 3.13. The van der Waals surface area contributed by atoms with Crippen molar-refractivity contribution in [2.24, 2.45) is 0 Å². The first-order valence-corrected chi connectivity index (χ1v) is 10.5. The van der Waals surface area contributed by atoms with Crippen LogP contribution < -0.4 is 4.90 Å². The van der Waals surface area contributed by atoms with Gasteiger partial charge in [-0.3, -0.25) is 24.6 Å². The molecular weight excluding hydrogens is 394 g/mol. The third-order valence-corrected chi connectivity index (χ3v) is 6.15. The van der Waals surface area contributed by atoms with E-state index < -0.39 is 10.8 Å². The average Bonchev–Trinajstić information content (AvgIpc) is 3.31. The number of nitro benzene ring substituents is 1. The molecule has 7 heteroatoms. The number of rotatable bonds is 5. The van der Waals surface area contributed by atoms with E-state index in [0.717, 1.165) is 31.5 Å². The lowest BCUT2D eigenvalue weighted by molar-refractivity contribution is -0.384. The maximum Gasteiger partial charge on any atom is 0.293 e. The van der Waals surface area contributed by atoms with Gasteiger partial charge in [-0.05, 0) is 30.9 Å². The van der Waals surface area contributed by atoms with E-state index in [2.05, 4.69) is 0 Å². The summed E-state index contributed by atoms with van der Waals surface area (Å²) < 4.78 is 0. The fourth-order valence-electron chi connectivity index (χ4n) is 4.69. The van der Waals surface area contributed by atoms with E-state index >= 15 is 0 Å². The van der Waals surface area contributed by atoms with Gasteiger partial charge in [-0.1, -0.05) is 42.5 Å². The molecule has 0 atom stereocenters. The van der Waals surface area contributed by atoms with Crippen molar-refractivity contribution in [3.8, 4) is 0 Å². The van der Waals surface area contributed by atoms with Crippen molar-refractivity contribution < 1.29 is 14.5 Å². The van der Waals surface area contributed by atoms with Crippen LogP contribution in [0.5, 0.6) is 0 Å². The highest BCUT2D eigenvalue weighted by atomic mass is 16.6. The van der Waals surface area contributed by atoms with Gasteiger partial charge < -0.3 is 4.90 Å². The molecule has 0 aliphatic carbocycles. The van der Waals surface area contributed by atoms with Crippen molar-refractivity contribution in [1.82, 2.24) is 4.90 Å². The Morgan fingerprint density at radius 2 is 1.61 bits per heavy atom. The standard InChI is InChI=1S/C24H21N3O4/c28-23-18-10-6-9-17-21(18)19(15-20(27(30)31)22(17)25-12-4-5-13-25)24(29)26(23)14-11-16-7-2-1-3-8-16/h1-3,6-10,15H,4-5,11-14H2. The Balaban J connectivity index is 1.63. The number of anilines is 1. The van der Waals surface area contributed by atoms with Crippen LogP contribution in [0.1, 0.15) is 39.1 Å². The molecule has 7 nitrogen and oxygen atoms in total. The summed E-state index contributed by atoms with van der Waals surface area (Å²) in [6, 6.07) is 16.2. The summed E-state index contributed by atoms with van der Waals surface area (Å²) in [5.74, 6) is -0.819. The van der Waals surface area contributed by atoms with Crippen molar-refractivity contribution >= 4 is 34.0 Å².